The number of amides is 2. The topological polar surface area (TPSA) is 99.1 Å². The number of nitrogens with one attached hydrogen (secondary N) is 1. The number of carboxylic acid groups (broad SMARTS) is 1. The number of nitrogens with zero attached hydrogens (tertiary/aromatic N) is 2. The molecule has 1 aromatic carbocycles. The zero-order valence-electron chi connectivity index (χ0n) is 13.5. The predicted octanol–water partition coefficient (Wildman–Crippen LogP) is 2.05. The van der Waals surface area contributed by atoms with Crippen molar-refractivity contribution in [2.45, 2.75) is 25.5 Å². The summed E-state index contributed by atoms with van der Waals surface area (Å²) in [6.45, 7) is 4.81. The molecule has 24 heavy (non-hydrogen) atoms. The summed E-state index contributed by atoms with van der Waals surface area (Å²) in [6, 6.07) is 5.88. The Kier molecular flexibility index (Phi) is 5.97. The Labute approximate surface area is 144 Å². The summed E-state index contributed by atoms with van der Waals surface area (Å²) in [5.74, 6) is -1.44. The van der Waals surface area contributed by atoms with Crippen molar-refractivity contribution >= 4 is 40.4 Å². The smallest absolute Gasteiger partial charge is 0.335 e. The van der Waals surface area contributed by atoms with Crippen LogP contribution in [0.5, 0.6) is 0 Å². The van der Waals surface area contributed by atoms with Crippen molar-refractivity contribution in [2.24, 2.45) is 4.99 Å². The number of carbonyl (C=O) groups excluding carboxylic acids is 2. The highest BCUT2D eigenvalue weighted by Crippen LogP contribution is 2.27. The van der Waals surface area contributed by atoms with Gasteiger partial charge in [0, 0.05) is 25.2 Å². The van der Waals surface area contributed by atoms with Crippen LogP contribution >= 0.6 is 11.8 Å². The Balaban J connectivity index is 2.08. The van der Waals surface area contributed by atoms with Gasteiger partial charge in [0.25, 0.3) is 0 Å². The number of rotatable bonds is 5. The molecule has 128 valence electrons. The molecule has 0 unspecified atom stereocenters. The Hall–Kier alpha value is -2.35. The molecule has 0 bridgehead atoms. The van der Waals surface area contributed by atoms with Crippen LogP contribution in [0.3, 0.4) is 0 Å². The lowest BCUT2D eigenvalue weighted by atomic mass is 10.2. The monoisotopic (exact) mass is 349 g/mol. The quantitative estimate of drug-likeness (QED) is 0.848. The van der Waals surface area contributed by atoms with Gasteiger partial charge in [0.1, 0.15) is 5.25 Å². The Morgan fingerprint density at radius 2 is 2.00 bits per heavy atom. The van der Waals surface area contributed by atoms with E-state index in [2.05, 4.69) is 10.3 Å². The fourth-order valence-corrected chi connectivity index (χ4v) is 3.45. The third-order valence-corrected chi connectivity index (χ3v) is 4.67. The first-order valence-corrected chi connectivity index (χ1v) is 8.49. The highest BCUT2D eigenvalue weighted by molar-refractivity contribution is 8.15. The second-order valence-electron chi connectivity index (χ2n) is 5.08. The average Bonchev–Trinajstić information content (AvgIpc) is 2.55. The summed E-state index contributed by atoms with van der Waals surface area (Å²) >= 11 is 1.28. The minimum atomic E-state index is -1.03. The molecule has 1 aliphatic heterocycles. The largest absolute Gasteiger partial charge is 0.478 e. The van der Waals surface area contributed by atoms with E-state index in [1.54, 1.807) is 4.90 Å². The molecule has 2 rings (SSSR count). The normalized spacial score (nSPS) is 19.4. The maximum absolute atomic E-state index is 12.4. The molecule has 0 aliphatic carbocycles. The third kappa shape index (κ3) is 4.14. The predicted molar refractivity (Wildman–Crippen MR) is 93.4 cm³/mol. The fourth-order valence-electron chi connectivity index (χ4n) is 2.24. The first kappa shape index (κ1) is 18.0. The van der Waals surface area contributed by atoms with Gasteiger partial charge < -0.3 is 10.4 Å². The van der Waals surface area contributed by atoms with E-state index in [0.717, 1.165) is 0 Å². The molecule has 1 fully saturated rings. The van der Waals surface area contributed by atoms with E-state index in [9.17, 15) is 14.4 Å². The molecule has 2 amide bonds. The number of carbonyl (C=O) groups is 3. The van der Waals surface area contributed by atoms with E-state index >= 15 is 0 Å². The van der Waals surface area contributed by atoms with Gasteiger partial charge in [-0.05, 0) is 38.1 Å². The van der Waals surface area contributed by atoms with Crippen molar-refractivity contribution in [1.29, 1.82) is 0 Å². The van der Waals surface area contributed by atoms with Gasteiger partial charge in [-0.2, -0.15) is 0 Å². The van der Waals surface area contributed by atoms with Crippen LogP contribution in [-0.2, 0) is 9.59 Å². The number of aromatic carboxylic acids is 1. The van der Waals surface area contributed by atoms with Gasteiger partial charge in [0.2, 0.25) is 11.8 Å². The van der Waals surface area contributed by atoms with Gasteiger partial charge >= 0.3 is 5.97 Å². The lowest BCUT2D eigenvalue weighted by Crippen LogP contribution is -2.45. The minimum Gasteiger partial charge on any atom is -0.478 e. The summed E-state index contributed by atoms with van der Waals surface area (Å²) in [5.41, 5.74) is 0.635. The zero-order valence-corrected chi connectivity index (χ0v) is 14.3. The van der Waals surface area contributed by atoms with Gasteiger partial charge in [-0.25, -0.2) is 4.79 Å². The Bertz CT molecular complexity index is 672. The molecule has 2 N–H and O–H groups in total. The molecule has 1 aromatic rings. The third-order valence-electron chi connectivity index (χ3n) is 3.44. The van der Waals surface area contributed by atoms with Crippen molar-refractivity contribution in [2.75, 3.05) is 18.4 Å². The average molecular weight is 349 g/mol. The molecule has 0 saturated carbocycles. The number of anilines is 1. The first-order valence-electron chi connectivity index (χ1n) is 7.62. The fraction of sp³-hybridized carbons (Fsp3) is 0.375. The van der Waals surface area contributed by atoms with E-state index in [4.69, 9.17) is 5.11 Å². The molecule has 1 heterocycles. The molecule has 0 aromatic heterocycles. The highest BCUT2D eigenvalue weighted by atomic mass is 32.2. The van der Waals surface area contributed by atoms with E-state index in [0.29, 0.717) is 23.9 Å². The molecule has 8 heteroatoms. The van der Waals surface area contributed by atoms with Crippen molar-refractivity contribution in [3.8, 4) is 0 Å². The number of amidine groups is 1. The van der Waals surface area contributed by atoms with Gasteiger partial charge in [-0.1, -0.05) is 11.8 Å². The SMILES string of the molecule is CCN=C1S[C@H](C(=O)Nc2ccc(C(=O)O)cc2)CC(=O)N1CC. The first-order chi connectivity index (χ1) is 11.5. The summed E-state index contributed by atoms with van der Waals surface area (Å²) < 4.78 is 0. The van der Waals surface area contributed by atoms with Gasteiger partial charge in [0.05, 0.1) is 5.56 Å². The molecular formula is C16H19N3O4S. The number of benzene rings is 1. The van der Waals surface area contributed by atoms with Gasteiger partial charge in [-0.3, -0.25) is 19.5 Å². The van der Waals surface area contributed by atoms with Crippen LogP contribution < -0.4 is 5.32 Å². The van der Waals surface area contributed by atoms with E-state index < -0.39 is 11.2 Å². The molecule has 1 aliphatic rings. The second-order valence-corrected chi connectivity index (χ2v) is 6.25. The van der Waals surface area contributed by atoms with Crippen LogP contribution in [-0.4, -0.2) is 51.3 Å². The summed E-state index contributed by atoms with van der Waals surface area (Å²) in [7, 11) is 0. The van der Waals surface area contributed by atoms with Gasteiger partial charge in [-0.15, -0.1) is 0 Å². The summed E-state index contributed by atoms with van der Waals surface area (Å²) in [6.07, 6.45) is 0.111. The van der Waals surface area contributed by atoms with E-state index in [1.807, 2.05) is 13.8 Å². The summed E-state index contributed by atoms with van der Waals surface area (Å²) in [5, 5.41) is 11.6. The maximum Gasteiger partial charge on any atom is 0.335 e. The molecule has 1 atom stereocenters. The zero-order chi connectivity index (χ0) is 17.7. The number of carboxylic acids is 1. The van der Waals surface area contributed by atoms with Crippen molar-refractivity contribution in [3.05, 3.63) is 29.8 Å². The van der Waals surface area contributed by atoms with Gasteiger partial charge in [0.15, 0.2) is 5.17 Å². The van der Waals surface area contributed by atoms with Crippen molar-refractivity contribution in [3.63, 3.8) is 0 Å². The molecule has 7 nitrogen and oxygen atoms in total. The van der Waals surface area contributed by atoms with E-state index in [-0.39, 0.29) is 23.8 Å². The lowest BCUT2D eigenvalue weighted by Gasteiger charge is -2.30. The Morgan fingerprint density at radius 1 is 1.33 bits per heavy atom. The summed E-state index contributed by atoms with van der Waals surface area (Å²) in [4.78, 5) is 41.3. The Morgan fingerprint density at radius 3 is 2.54 bits per heavy atom. The number of thioether (sulfide) groups is 1. The van der Waals surface area contributed by atoms with Crippen LogP contribution in [0.2, 0.25) is 0 Å². The van der Waals surface area contributed by atoms with Crippen LogP contribution in [0.4, 0.5) is 5.69 Å². The maximum atomic E-state index is 12.4. The minimum absolute atomic E-state index is 0.111. The standard InChI is InChI=1S/C16H19N3O4S/c1-3-17-16-19(4-2)13(20)9-12(24-16)14(21)18-11-7-5-10(6-8-11)15(22)23/h5-8,12H,3-4,9H2,1-2H3,(H,18,21)(H,22,23)/t12-/m0/s1. The van der Waals surface area contributed by atoms with Crippen LogP contribution in [0.15, 0.2) is 29.3 Å². The van der Waals surface area contributed by atoms with Crippen LogP contribution in [0.1, 0.15) is 30.6 Å². The van der Waals surface area contributed by atoms with Crippen LogP contribution in [0, 0.1) is 0 Å². The van der Waals surface area contributed by atoms with Crippen LogP contribution in [0.25, 0.3) is 0 Å². The number of aliphatic imine (C=N–C) groups is 1. The van der Waals surface area contributed by atoms with E-state index in [1.165, 1.54) is 36.0 Å². The van der Waals surface area contributed by atoms with Crippen molar-refractivity contribution < 1.29 is 19.5 Å². The highest BCUT2D eigenvalue weighted by Gasteiger charge is 2.34. The molecule has 1 saturated heterocycles. The number of hydrogen-bond acceptors (Lipinski definition) is 5. The van der Waals surface area contributed by atoms with Crippen molar-refractivity contribution in [1.82, 2.24) is 4.90 Å². The molecule has 0 spiro atoms. The second kappa shape index (κ2) is 7.96. The molecular weight excluding hydrogens is 330 g/mol. The number of hydrogen-bond donors (Lipinski definition) is 2. The lowest BCUT2D eigenvalue weighted by molar-refractivity contribution is -0.129. The molecule has 0 radical (unpaired) electrons.